The number of aromatic nitrogens is 2. The molecule has 3 nitrogen and oxygen atoms in total. The van der Waals surface area contributed by atoms with Gasteiger partial charge in [0.25, 0.3) is 0 Å². The second kappa shape index (κ2) is 3.72. The Labute approximate surface area is 82.9 Å². The maximum absolute atomic E-state index is 4.37. The van der Waals surface area contributed by atoms with E-state index in [0.717, 1.165) is 0 Å². The SMILES string of the molecule is CNC(C)c1cnn(C2CSC2)c1. The minimum atomic E-state index is 0.404. The fourth-order valence-corrected chi connectivity index (χ4v) is 2.07. The number of hydrogen-bond donors (Lipinski definition) is 1. The lowest BCUT2D eigenvalue weighted by Crippen LogP contribution is -2.23. The van der Waals surface area contributed by atoms with Crippen molar-refractivity contribution in [2.45, 2.75) is 19.0 Å². The Morgan fingerprint density at radius 2 is 2.46 bits per heavy atom. The van der Waals surface area contributed by atoms with Crippen LogP contribution in [-0.2, 0) is 0 Å². The van der Waals surface area contributed by atoms with E-state index < -0.39 is 0 Å². The summed E-state index contributed by atoms with van der Waals surface area (Å²) in [5, 5.41) is 7.58. The van der Waals surface area contributed by atoms with Crippen LogP contribution in [-0.4, -0.2) is 28.3 Å². The van der Waals surface area contributed by atoms with Gasteiger partial charge in [0.15, 0.2) is 0 Å². The molecule has 1 aliphatic heterocycles. The Balaban J connectivity index is 2.08. The summed E-state index contributed by atoms with van der Waals surface area (Å²) in [5.41, 5.74) is 1.28. The minimum Gasteiger partial charge on any atom is -0.313 e. The number of nitrogens with one attached hydrogen (secondary N) is 1. The molecule has 72 valence electrons. The number of hydrogen-bond acceptors (Lipinski definition) is 3. The van der Waals surface area contributed by atoms with Crippen LogP contribution in [0.15, 0.2) is 12.4 Å². The van der Waals surface area contributed by atoms with Crippen LogP contribution in [0.4, 0.5) is 0 Å². The van der Waals surface area contributed by atoms with Crippen molar-refractivity contribution in [1.29, 1.82) is 0 Å². The maximum Gasteiger partial charge on any atom is 0.0699 e. The van der Waals surface area contributed by atoms with Gasteiger partial charge in [-0.3, -0.25) is 4.68 Å². The Morgan fingerprint density at radius 1 is 1.69 bits per heavy atom. The summed E-state index contributed by atoms with van der Waals surface area (Å²) in [7, 11) is 1.97. The van der Waals surface area contributed by atoms with Gasteiger partial charge < -0.3 is 5.32 Å². The largest absolute Gasteiger partial charge is 0.313 e. The molecule has 0 bridgehead atoms. The molecule has 0 spiro atoms. The maximum atomic E-state index is 4.37. The highest BCUT2D eigenvalue weighted by Crippen LogP contribution is 2.29. The van der Waals surface area contributed by atoms with Gasteiger partial charge in [0, 0.05) is 29.3 Å². The van der Waals surface area contributed by atoms with E-state index in [9.17, 15) is 0 Å². The third-order valence-electron chi connectivity index (χ3n) is 2.55. The van der Waals surface area contributed by atoms with Crippen molar-refractivity contribution in [3.63, 3.8) is 0 Å². The highest BCUT2D eigenvalue weighted by atomic mass is 32.2. The topological polar surface area (TPSA) is 29.9 Å². The highest BCUT2D eigenvalue weighted by molar-refractivity contribution is 8.00. The Bertz CT molecular complexity index is 261. The van der Waals surface area contributed by atoms with Crippen LogP contribution in [0, 0.1) is 0 Å². The molecule has 1 aromatic heterocycles. The summed E-state index contributed by atoms with van der Waals surface area (Å²) in [4.78, 5) is 0. The van der Waals surface area contributed by atoms with E-state index in [2.05, 4.69) is 28.2 Å². The number of rotatable bonds is 3. The molecule has 2 heterocycles. The van der Waals surface area contributed by atoms with Crippen molar-refractivity contribution >= 4 is 11.8 Å². The van der Waals surface area contributed by atoms with E-state index in [1.807, 2.05) is 25.0 Å². The molecule has 1 N–H and O–H groups in total. The molecule has 1 fully saturated rings. The molecule has 0 radical (unpaired) electrons. The van der Waals surface area contributed by atoms with Gasteiger partial charge >= 0.3 is 0 Å². The first-order valence-corrected chi connectivity index (χ1v) is 5.76. The van der Waals surface area contributed by atoms with Gasteiger partial charge in [-0.25, -0.2) is 0 Å². The monoisotopic (exact) mass is 197 g/mol. The first kappa shape index (κ1) is 9.09. The van der Waals surface area contributed by atoms with Gasteiger partial charge in [-0.1, -0.05) is 0 Å². The standard InChI is InChI=1S/C9H15N3S/c1-7(10-2)8-3-11-12(4-8)9-5-13-6-9/h3-4,7,9-10H,5-6H2,1-2H3. The molecule has 13 heavy (non-hydrogen) atoms. The smallest absolute Gasteiger partial charge is 0.0699 e. The van der Waals surface area contributed by atoms with E-state index in [4.69, 9.17) is 0 Å². The van der Waals surface area contributed by atoms with Crippen LogP contribution in [0.25, 0.3) is 0 Å². The molecule has 1 atom stereocenters. The van der Waals surface area contributed by atoms with Crippen molar-refractivity contribution in [3.8, 4) is 0 Å². The van der Waals surface area contributed by atoms with Crippen molar-refractivity contribution < 1.29 is 0 Å². The first-order valence-electron chi connectivity index (χ1n) is 4.60. The summed E-state index contributed by atoms with van der Waals surface area (Å²) in [6.45, 7) is 2.15. The molecule has 4 heteroatoms. The minimum absolute atomic E-state index is 0.404. The van der Waals surface area contributed by atoms with Crippen molar-refractivity contribution in [3.05, 3.63) is 18.0 Å². The van der Waals surface area contributed by atoms with Crippen LogP contribution < -0.4 is 5.32 Å². The summed E-state index contributed by atoms with van der Waals surface area (Å²) < 4.78 is 2.10. The third-order valence-corrected chi connectivity index (χ3v) is 3.79. The van der Waals surface area contributed by atoms with Crippen molar-refractivity contribution in [1.82, 2.24) is 15.1 Å². The van der Waals surface area contributed by atoms with Crippen LogP contribution in [0.3, 0.4) is 0 Å². The molecule has 0 aliphatic carbocycles. The predicted molar refractivity (Wildman–Crippen MR) is 56.1 cm³/mol. The van der Waals surface area contributed by atoms with Crippen molar-refractivity contribution in [2.75, 3.05) is 18.6 Å². The Kier molecular flexibility index (Phi) is 2.60. The lowest BCUT2D eigenvalue weighted by molar-refractivity contribution is 0.525. The number of nitrogens with zero attached hydrogens (tertiary/aromatic N) is 2. The second-order valence-electron chi connectivity index (χ2n) is 3.46. The third kappa shape index (κ3) is 1.74. The molecule has 0 aromatic carbocycles. The van der Waals surface area contributed by atoms with Gasteiger partial charge in [-0.15, -0.1) is 0 Å². The van der Waals surface area contributed by atoms with Gasteiger partial charge in [0.1, 0.15) is 0 Å². The lowest BCUT2D eigenvalue weighted by Gasteiger charge is -2.24. The van der Waals surface area contributed by atoms with Crippen LogP contribution >= 0.6 is 11.8 Å². The van der Waals surface area contributed by atoms with Crippen LogP contribution in [0.5, 0.6) is 0 Å². The van der Waals surface area contributed by atoms with E-state index in [-0.39, 0.29) is 0 Å². The normalized spacial score (nSPS) is 19.8. The first-order chi connectivity index (χ1) is 6.31. The molecule has 2 rings (SSSR count). The summed E-state index contributed by atoms with van der Waals surface area (Å²) >= 11 is 1.99. The average Bonchev–Trinajstić information content (AvgIpc) is 2.49. The van der Waals surface area contributed by atoms with Crippen LogP contribution in [0.2, 0.25) is 0 Å². The predicted octanol–water partition coefficient (Wildman–Crippen LogP) is 1.45. The van der Waals surface area contributed by atoms with E-state index >= 15 is 0 Å². The number of thioether (sulfide) groups is 1. The second-order valence-corrected chi connectivity index (χ2v) is 4.53. The zero-order valence-electron chi connectivity index (χ0n) is 8.03. The lowest BCUT2D eigenvalue weighted by atomic mass is 10.2. The van der Waals surface area contributed by atoms with E-state index in [1.165, 1.54) is 17.1 Å². The molecular weight excluding hydrogens is 182 g/mol. The van der Waals surface area contributed by atoms with Crippen LogP contribution in [0.1, 0.15) is 24.6 Å². The summed E-state index contributed by atoms with van der Waals surface area (Å²) in [5.74, 6) is 2.43. The molecule has 1 aliphatic rings. The summed E-state index contributed by atoms with van der Waals surface area (Å²) in [6, 6.07) is 1.05. The molecular formula is C9H15N3S. The molecule has 1 aromatic rings. The Hall–Kier alpha value is -0.480. The van der Waals surface area contributed by atoms with E-state index in [1.54, 1.807) is 0 Å². The fraction of sp³-hybridized carbons (Fsp3) is 0.667. The average molecular weight is 197 g/mol. The molecule has 1 saturated heterocycles. The molecule has 0 saturated carbocycles. The summed E-state index contributed by atoms with van der Waals surface area (Å²) in [6.07, 6.45) is 4.12. The Morgan fingerprint density at radius 3 is 3.00 bits per heavy atom. The zero-order chi connectivity index (χ0) is 9.26. The van der Waals surface area contributed by atoms with Gasteiger partial charge in [0.05, 0.1) is 12.2 Å². The van der Waals surface area contributed by atoms with Gasteiger partial charge in [0.2, 0.25) is 0 Å². The molecule has 1 unspecified atom stereocenters. The zero-order valence-corrected chi connectivity index (χ0v) is 8.84. The van der Waals surface area contributed by atoms with Crippen molar-refractivity contribution in [2.24, 2.45) is 0 Å². The van der Waals surface area contributed by atoms with Gasteiger partial charge in [-0.2, -0.15) is 16.9 Å². The van der Waals surface area contributed by atoms with Gasteiger partial charge in [-0.05, 0) is 14.0 Å². The quantitative estimate of drug-likeness (QED) is 0.795. The highest BCUT2D eigenvalue weighted by Gasteiger charge is 2.21. The fourth-order valence-electron chi connectivity index (χ4n) is 1.32. The molecule has 0 amide bonds. The van der Waals surface area contributed by atoms with E-state index in [0.29, 0.717) is 12.1 Å².